The van der Waals surface area contributed by atoms with Crippen molar-refractivity contribution in [2.24, 2.45) is 0 Å². The Morgan fingerprint density at radius 3 is 2.47 bits per heavy atom. The van der Waals surface area contributed by atoms with E-state index >= 15 is 0 Å². The molecule has 4 nitrogen and oxygen atoms in total. The van der Waals surface area contributed by atoms with Crippen LogP contribution in [0.1, 0.15) is 5.56 Å². The fourth-order valence-corrected chi connectivity index (χ4v) is 1.53. The highest BCUT2D eigenvalue weighted by Crippen LogP contribution is 2.23. The number of nitrogen functional groups attached to an aromatic ring is 2. The summed E-state index contributed by atoms with van der Waals surface area (Å²) in [6.45, 7) is 0. The lowest BCUT2D eigenvalue weighted by molar-refractivity contribution is -0.128. The van der Waals surface area contributed by atoms with Gasteiger partial charge in [0.1, 0.15) is 0 Å². The zero-order chi connectivity index (χ0) is 13.7. The fourth-order valence-electron chi connectivity index (χ4n) is 1.53. The van der Waals surface area contributed by atoms with Crippen LogP contribution in [-0.2, 0) is 4.79 Å². The predicted octanol–water partition coefficient (Wildman–Crippen LogP) is 2.47. The van der Waals surface area contributed by atoms with Gasteiger partial charge in [0.2, 0.25) is 0 Å². The molecule has 0 fully saturated rings. The average molecular weight is 254 g/mol. The topological polar surface area (TPSA) is 78.3 Å². The van der Waals surface area contributed by atoms with E-state index in [-0.39, 0.29) is 0 Å². The Morgan fingerprint density at radius 1 is 1.05 bits per heavy atom. The molecule has 0 aliphatic heterocycles. The number of carbonyl (C=O) groups is 1. The monoisotopic (exact) mass is 254 g/mol. The van der Waals surface area contributed by atoms with E-state index in [4.69, 9.17) is 16.2 Å². The van der Waals surface area contributed by atoms with Gasteiger partial charge in [0, 0.05) is 11.8 Å². The van der Waals surface area contributed by atoms with Crippen LogP contribution in [0.4, 0.5) is 11.4 Å². The van der Waals surface area contributed by atoms with Gasteiger partial charge in [0.25, 0.3) is 0 Å². The van der Waals surface area contributed by atoms with Crippen molar-refractivity contribution in [3.05, 3.63) is 60.2 Å². The molecule has 19 heavy (non-hydrogen) atoms. The lowest BCUT2D eigenvalue weighted by Gasteiger charge is -2.05. The molecule has 0 aliphatic carbocycles. The molecule has 0 radical (unpaired) electrons. The molecule has 0 aliphatic rings. The molecular weight excluding hydrogens is 240 g/mol. The van der Waals surface area contributed by atoms with Crippen LogP contribution < -0.4 is 16.2 Å². The molecule has 2 aromatic carbocycles. The number of nitrogens with two attached hydrogens (primary N) is 2. The van der Waals surface area contributed by atoms with Gasteiger partial charge in [-0.25, -0.2) is 4.79 Å². The zero-order valence-corrected chi connectivity index (χ0v) is 10.2. The lowest BCUT2D eigenvalue weighted by atomic mass is 10.2. The smallest absolute Gasteiger partial charge is 0.336 e. The molecule has 0 saturated carbocycles. The molecule has 4 N–H and O–H groups in total. The minimum absolute atomic E-state index is 0.303. The van der Waals surface area contributed by atoms with Gasteiger partial charge >= 0.3 is 5.97 Å². The normalized spacial score (nSPS) is 10.5. The molecule has 96 valence electrons. The summed E-state index contributed by atoms with van der Waals surface area (Å²) < 4.78 is 5.12. The molecule has 0 heterocycles. The summed E-state index contributed by atoms with van der Waals surface area (Å²) in [4.78, 5) is 11.6. The van der Waals surface area contributed by atoms with Gasteiger partial charge in [-0.15, -0.1) is 0 Å². The van der Waals surface area contributed by atoms with Crippen molar-refractivity contribution in [3.8, 4) is 5.75 Å². The minimum atomic E-state index is -0.486. The molecule has 0 unspecified atom stereocenters. The maximum Gasteiger partial charge on any atom is 0.336 e. The number of carbonyl (C=O) groups excluding carboxylic acids is 1. The second kappa shape index (κ2) is 5.73. The highest BCUT2D eigenvalue weighted by atomic mass is 16.5. The Morgan fingerprint density at radius 2 is 1.79 bits per heavy atom. The van der Waals surface area contributed by atoms with Crippen molar-refractivity contribution >= 4 is 23.4 Å². The van der Waals surface area contributed by atoms with E-state index in [1.807, 2.05) is 30.3 Å². The largest absolute Gasteiger partial charge is 0.421 e. The summed E-state index contributed by atoms with van der Waals surface area (Å²) in [6, 6.07) is 14.2. The third-order valence-electron chi connectivity index (χ3n) is 2.46. The first-order chi connectivity index (χ1) is 9.15. The van der Waals surface area contributed by atoms with Gasteiger partial charge in [-0.1, -0.05) is 30.3 Å². The second-order valence-corrected chi connectivity index (χ2v) is 3.96. The molecule has 0 spiro atoms. The van der Waals surface area contributed by atoms with Crippen molar-refractivity contribution in [1.82, 2.24) is 0 Å². The van der Waals surface area contributed by atoms with Crippen molar-refractivity contribution in [1.29, 1.82) is 0 Å². The maximum absolute atomic E-state index is 11.6. The summed E-state index contributed by atoms with van der Waals surface area (Å²) >= 11 is 0. The van der Waals surface area contributed by atoms with E-state index in [2.05, 4.69) is 0 Å². The number of rotatable bonds is 3. The van der Waals surface area contributed by atoms with Crippen LogP contribution in [0.25, 0.3) is 6.08 Å². The zero-order valence-electron chi connectivity index (χ0n) is 10.2. The molecule has 0 amide bonds. The molecule has 0 bridgehead atoms. The summed E-state index contributed by atoms with van der Waals surface area (Å²) in [7, 11) is 0. The Bertz CT molecular complexity index is 607. The minimum Gasteiger partial charge on any atom is -0.421 e. The van der Waals surface area contributed by atoms with Crippen LogP contribution in [0.5, 0.6) is 5.75 Å². The lowest BCUT2D eigenvalue weighted by Crippen LogP contribution is -2.06. The van der Waals surface area contributed by atoms with Gasteiger partial charge in [0.15, 0.2) is 5.75 Å². The van der Waals surface area contributed by atoms with Gasteiger partial charge in [-0.2, -0.15) is 0 Å². The standard InChI is InChI=1S/C15H14N2O2/c16-12-7-8-14(13(17)10-12)19-15(18)9-6-11-4-2-1-3-5-11/h1-10H,16-17H2. The Hall–Kier alpha value is -2.75. The fraction of sp³-hybridized carbons (Fsp3) is 0. The third kappa shape index (κ3) is 3.61. The predicted molar refractivity (Wildman–Crippen MR) is 76.4 cm³/mol. The highest BCUT2D eigenvalue weighted by Gasteiger charge is 2.04. The van der Waals surface area contributed by atoms with Crippen LogP contribution in [0.2, 0.25) is 0 Å². The van der Waals surface area contributed by atoms with Gasteiger partial charge in [0.05, 0.1) is 5.69 Å². The van der Waals surface area contributed by atoms with Gasteiger partial charge < -0.3 is 16.2 Å². The Labute approximate surface area is 111 Å². The van der Waals surface area contributed by atoms with E-state index < -0.39 is 5.97 Å². The molecule has 4 heteroatoms. The maximum atomic E-state index is 11.6. The summed E-state index contributed by atoms with van der Waals surface area (Å²) in [5.41, 5.74) is 13.0. The van der Waals surface area contributed by atoms with Crippen LogP contribution in [-0.4, -0.2) is 5.97 Å². The number of hydrogen-bond acceptors (Lipinski definition) is 4. The van der Waals surface area contributed by atoms with E-state index in [9.17, 15) is 4.79 Å². The summed E-state index contributed by atoms with van der Waals surface area (Å²) in [5.74, 6) is -0.183. The quantitative estimate of drug-likeness (QED) is 0.382. The summed E-state index contributed by atoms with van der Waals surface area (Å²) in [6.07, 6.45) is 3.03. The first kappa shape index (κ1) is 12.7. The van der Waals surface area contributed by atoms with Gasteiger partial charge in [-0.05, 0) is 29.8 Å². The SMILES string of the molecule is Nc1ccc(OC(=O)C=Cc2ccccc2)c(N)c1. The number of anilines is 2. The molecular formula is C15H14N2O2. The Balaban J connectivity index is 2.04. The van der Waals surface area contributed by atoms with Crippen molar-refractivity contribution < 1.29 is 9.53 Å². The van der Waals surface area contributed by atoms with Crippen LogP contribution in [0.3, 0.4) is 0 Å². The molecule has 2 rings (SSSR count). The van der Waals surface area contributed by atoms with E-state index in [0.29, 0.717) is 17.1 Å². The number of hydrogen-bond donors (Lipinski definition) is 2. The van der Waals surface area contributed by atoms with Crippen molar-refractivity contribution in [2.75, 3.05) is 11.5 Å². The number of esters is 1. The van der Waals surface area contributed by atoms with Crippen molar-refractivity contribution in [2.45, 2.75) is 0 Å². The molecule has 0 saturated heterocycles. The van der Waals surface area contributed by atoms with E-state index in [1.54, 1.807) is 24.3 Å². The third-order valence-corrected chi connectivity index (χ3v) is 2.46. The van der Waals surface area contributed by atoms with E-state index in [0.717, 1.165) is 5.56 Å². The molecule has 0 atom stereocenters. The first-order valence-corrected chi connectivity index (χ1v) is 5.75. The first-order valence-electron chi connectivity index (χ1n) is 5.75. The van der Waals surface area contributed by atoms with Crippen LogP contribution in [0, 0.1) is 0 Å². The van der Waals surface area contributed by atoms with E-state index in [1.165, 1.54) is 6.08 Å². The van der Waals surface area contributed by atoms with Crippen molar-refractivity contribution in [3.63, 3.8) is 0 Å². The average Bonchev–Trinajstić information content (AvgIpc) is 2.41. The van der Waals surface area contributed by atoms with Crippen LogP contribution in [0.15, 0.2) is 54.6 Å². The second-order valence-electron chi connectivity index (χ2n) is 3.96. The van der Waals surface area contributed by atoms with Gasteiger partial charge in [-0.3, -0.25) is 0 Å². The number of benzene rings is 2. The highest BCUT2D eigenvalue weighted by molar-refractivity contribution is 5.89. The molecule has 2 aromatic rings. The molecule has 0 aromatic heterocycles. The van der Waals surface area contributed by atoms with Crippen LogP contribution >= 0.6 is 0 Å². The number of ether oxygens (including phenoxy) is 1. The summed E-state index contributed by atoms with van der Waals surface area (Å²) in [5, 5.41) is 0. The Kier molecular flexibility index (Phi) is 3.83.